The first-order valence-electron chi connectivity index (χ1n) is 5.60. The van der Waals surface area contributed by atoms with Crippen LogP contribution in [0.5, 0.6) is 0 Å². The monoisotopic (exact) mass is 215 g/mol. The molecule has 0 bridgehead atoms. The molecule has 2 heteroatoms. The lowest BCUT2D eigenvalue weighted by Gasteiger charge is -2.13. The number of carbonyl (C=O) groups excluding carboxylic acids is 1. The maximum atomic E-state index is 12.0. The van der Waals surface area contributed by atoms with Gasteiger partial charge < -0.3 is 0 Å². The lowest BCUT2D eigenvalue weighted by atomic mass is 9.87. The molecule has 0 saturated carbocycles. The fourth-order valence-electron chi connectivity index (χ4n) is 1.64. The molecule has 0 amide bonds. The number of rotatable bonds is 4. The third-order valence-corrected chi connectivity index (χ3v) is 2.89. The SMILES string of the molecule is CCC(C)C(=O)C(C#N)c1cccc(C)c1. The first-order valence-corrected chi connectivity index (χ1v) is 5.60. The zero-order valence-corrected chi connectivity index (χ0v) is 10.0. The van der Waals surface area contributed by atoms with E-state index in [1.54, 1.807) is 0 Å². The van der Waals surface area contributed by atoms with Gasteiger partial charge in [-0.15, -0.1) is 0 Å². The van der Waals surface area contributed by atoms with Crippen LogP contribution in [0.2, 0.25) is 0 Å². The van der Waals surface area contributed by atoms with Gasteiger partial charge in [0.2, 0.25) is 0 Å². The maximum absolute atomic E-state index is 12.0. The van der Waals surface area contributed by atoms with Crippen molar-refractivity contribution in [2.24, 2.45) is 5.92 Å². The highest BCUT2D eigenvalue weighted by atomic mass is 16.1. The van der Waals surface area contributed by atoms with Crippen LogP contribution in [0, 0.1) is 24.2 Å². The normalized spacial score (nSPS) is 13.9. The highest BCUT2D eigenvalue weighted by Gasteiger charge is 2.24. The van der Waals surface area contributed by atoms with Crippen molar-refractivity contribution in [3.8, 4) is 6.07 Å². The first kappa shape index (κ1) is 12.4. The maximum Gasteiger partial charge on any atom is 0.157 e. The molecule has 16 heavy (non-hydrogen) atoms. The van der Waals surface area contributed by atoms with Gasteiger partial charge in [0.1, 0.15) is 5.92 Å². The zero-order chi connectivity index (χ0) is 12.1. The number of benzene rings is 1. The van der Waals surface area contributed by atoms with E-state index in [0.717, 1.165) is 17.5 Å². The Hall–Kier alpha value is -1.62. The van der Waals surface area contributed by atoms with Crippen molar-refractivity contribution in [2.75, 3.05) is 0 Å². The fraction of sp³-hybridized carbons (Fsp3) is 0.429. The Balaban J connectivity index is 3.00. The molecule has 0 aliphatic heterocycles. The topological polar surface area (TPSA) is 40.9 Å². The summed E-state index contributed by atoms with van der Waals surface area (Å²) in [5, 5.41) is 9.11. The van der Waals surface area contributed by atoms with Gasteiger partial charge in [-0.2, -0.15) is 5.26 Å². The van der Waals surface area contributed by atoms with Crippen LogP contribution in [-0.2, 0) is 4.79 Å². The summed E-state index contributed by atoms with van der Waals surface area (Å²) in [6.07, 6.45) is 0.781. The molecule has 0 heterocycles. The van der Waals surface area contributed by atoms with Crippen LogP contribution in [0.1, 0.15) is 37.3 Å². The molecule has 0 aromatic heterocycles. The van der Waals surface area contributed by atoms with Gasteiger partial charge in [-0.05, 0) is 18.9 Å². The van der Waals surface area contributed by atoms with Gasteiger partial charge >= 0.3 is 0 Å². The highest BCUT2D eigenvalue weighted by molar-refractivity contribution is 5.90. The summed E-state index contributed by atoms with van der Waals surface area (Å²) in [5.74, 6) is -0.643. The number of carbonyl (C=O) groups is 1. The average Bonchev–Trinajstić information content (AvgIpc) is 2.29. The first-order chi connectivity index (χ1) is 7.60. The van der Waals surface area contributed by atoms with Crippen LogP contribution in [-0.4, -0.2) is 5.78 Å². The summed E-state index contributed by atoms with van der Waals surface area (Å²) in [6.45, 7) is 5.81. The standard InChI is InChI=1S/C14H17NO/c1-4-11(3)14(16)13(9-15)12-7-5-6-10(2)8-12/h5-8,11,13H,4H2,1-3H3. The molecule has 0 aliphatic carbocycles. The van der Waals surface area contributed by atoms with E-state index in [1.165, 1.54) is 0 Å². The van der Waals surface area contributed by atoms with Crippen LogP contribution >= 0.6 is 0 Å². The van der Waals surface area contributed by atoms with Gasteiger partial charge in [0, 0.05) is 5.92 Å². The molecule has 0 saturated heterocycles. The van der Waals surface area contributed by atoms with Crippen molar-refractivity contribution in [3.05, 3.63) is 35.4 Å². The predicted molar refractivity (Wildman–Crippen MR) is 64.0 cm³/mol. The van der Waals surface area contributed by atoms with E-state index in [0.29, 0.717) is 0 Å². The van der Waals surface area contributed by atoms with Gasteiger partial charge in [0.15, 0.2) is 5.78 Å². The van der Waals surface area contributed by atoms with E-state index in [4.69, 9.17) is 5.26 Å². The lowest BCUT2D eigenvalue weighted by Crippen LogP contribution is -2.18. The molecule has 0 aliphatic rings. The van der Waals surface area contributed by atoms with E-state index in [2.05, 4.69) is 6.07 Å². The summed E-state index contributed by atoms with van der Waals surface area (Å²) < 4.78 is 0. The van der Waals surface area contributed by atoms with Crippen molar-refractivity contribution in [1.29, 1.82) is 5.26 Å². The molecule has 84 valence electrons. The Morgan fingerprint density at radius 2 is 2.19 bits per heavy atom. The molecule has 0 spiro atoms. The van der Waals surface area contributed by atoms with E-state index in [9.17, 15) is 4.79 Å². The number of Topliss-reactive ketones (excluding diaryl/α,β-unsaturated/α-hetero) is 1. The minimum absolute atomic E-state index is 0.0237. The Morgan fingerprint density at radius 1 is 1.50 bits per heavy atom. The molecular formula is C14H17NO. The summed E-state index contributed by atoms with van der Waals surface area (Å²) in [6, 6.07) is 9.72. The molecule has 1 rings (SSSR count). The van der Waals surface area contributed by atoms with Gasteiger partial charge in [0.05, 0.1) is 6.07 Å². The molecule has 1 aromatic carbocycles. The van der Waals surface area contributed by atoms with Gasteiger partial charge in [-0.1, -0.05) is 43.7 Å². The molecule has 0 N–H and O–H groups in total. The molecular weight excluding hydrogens is 198 g/mol. The molecule has 0 radical (unpaired) electrons. The van der Waals surface area contributed by atoms with Crippen LogP contribution in [0.3, 0.4) is 0 Å². The quantitative estimate of drug-likeness (QED) is 0.773. The summed E-state index contributed by atoms with van der Waals surface area (Å²) in [5.41, 5.74) is 1.89. The minimum Gasteiger partial charge on any atom is -0.298 e. The Kier molecular flexibility index (Phi) is 4.25. The van der Waals surface area contributed by atoms with Gasteiger partial charge in [-0.3, -0.25) is 4.79 Å². The fourth-order valence-corrected chi connectivity index (χ4v) is 1.64. The van der Waals surface area contributed by atoms with Gasteiger partial charge in [0.25, 0.3) is 0 Å². The summed E-state index contributed by atoms with van der Waals surface area (Å²) in [7, 11) is 0. The van der Waals surface area contributed by atoms with Crippen LogP contribution in [0.25, 0.3) is 0 Å². The van der Waals surface area contributed by atoms with E-state index >= 15 is 0 Å². The Morgan fingerprint density at radius 3 is 2.69 bits per heavy atom. The van der Waals surface area contributed by atoms with E-state index in [1.807, 2.05) is 45.0 Å². The second-order valence-corrected chi connectivity index (χ2v) is 4.19. The van der Waals surface area contributed by atoms with Crippen LogP contribution in [0.15, 0.2) is 24.3 Å². The average molecular weight is 215 g/mol. The Bertz CT molecular complexity index is 417. The van der Waals surface area contributed by atoms with Crippen molar-refractivity contribution in [3.63, 3.8) is 0 Å². The largest absolute Gasteiger partial charge is 0.298 e. The Labute approximate surface area is 96.9 Å². The van der Waals surface area contributed by atoms with Crippen molar-refractivity contribution in [1.82, 2.24) is 0 Å². The molecule has 2 unspecified atom stereocenters. The predicted octanol–water partition coefficient (Wildman–Crippen LogP) is 3.22. The molecule has 0 fully saturated rings. The number of nitrogens with zero attached hydrogens (tertiary/aromatic N) is 1. The van der Waals surface area contributed by atoms with Crippen LogP contribution < -0.4 is 0 Å². The molecule has 2 nitrogen and oxygen atoms in total. The third kappa shape index (κ3) is 2.70. The number of nitriles is 1. The van der Waals surface area contributed by atoms with Crippen molar-refractivity contribution >= 4 is 5.78 Å². The number of hydrogen-bond acceptors (Lipinski definition) is 2. The van der Waals surface area contributed by atoms with E-state index in [-0.39, 0.29) is 11.7 Å². The second kappa shape index (κ2) is 5.46. The number of aryl methyl sites for hydroxylation is 1. The minimum atomic E-state index is -0.616. The summed E-state index contributed by atoms with van der Waals surface area (Å²) >= 11 is 0. The summed E-state index contributed by atoms with van der Waals surface area (Å²) in [4.78, 5) is 12.0. The highest BCUT2D eigenvalue weighted by Crippen LogP contribution is 2.22. The second-order valence-electron chi connectivity index (χ2n) is 4.19. The number of ketones is 1. The number of hydrogen-bond donors (Lipinski definition) is 0. The molecule has 1 aromatic rings. The van der Waals surface area contributed by atoms with E-state index < -0.39 is 5.92 Å². The third-order valence-electron chi connectivity index (χ3n) is 2.89. The van der Waals surface area contributed by atoms with Crippen molar-refractivity contribution in [2.45, 2.75) is 33.1 Å². The lowest BCUT2D eigenvalue weighted by molar-refractivity contribution is -0.122. The van der Waals surface area contributed by atoms with Crippen molar-refractivity contribution < 1.29 is 4.79 Å². The smallest absolute Gasteiger partial charge is 0.157 e. The van der Waals surface area contributed by atoms with Gasteiger partial charge in [-0.25, -0.2) is 0 Å². The molecule has 2 atom stereocenters. The van der Waals surface area contributed by atoms with Crippen LogP contribution in [0.4, 0.5) is 0 Å². The zero-order valence-electron chi connectivity index (χ0n) is 10.0.